The third kappa shape index (κ3) is 5.93. The molecule has 33 heavy (non-hydrogen) atoms. The summed E-state index contributed by atoms with van der Waals surface area (Å²) in [5, 5.41) is 3.30. The fourth-order valence-electron chi connectivity index (χ4n) is 4.01. The smallest absolute Gasteiger partial charge is 0.337 e. The van der Waals surface area contributed by atoms with Crippen molar-refractivity contribution in [2.45, 2.75) is 44.2 Å². The van der Waals surface area contributed by atoms with E-state index in [1.165, 1.54) is 35.7 Å². The Morgan fingerprint density at radius 2 is 1.79 bits per heavy atom. The van der Waals surface area contributed by atoms with E-state index in [0.29, 0.717) is 35.0 Å². The summed E-state index contributed by atoms with van der Waals surface area (Å²) in [6.07, 6.45) is 1.22. The zero-order valence-electron chi connectivity index (χ0n) is 19.0. The average molecular weight is 493 g/mol. The van der Waals surface area contributed by atoms with Gasteiger partial charge in [-0.1, -0.05) is 37.6 Å². The van der Waals surface area contributed by atoms with Gasteiger partial charge in [0.1, 0.15) is 6.04 Å². The highest BCUT2D eigenvalue weighted by atomic mass is 35.5. The Labute approximate surface area is 200 Å². The van der Waals surface area contributed by atoms with Gasteiger partial charge in [0.25, 0.3) is 0 Å². The summed E-state index contributed by atoms with van der Waals surface area (Å²) in [4.78, 5) is 24.8. The van der Waals surface area contributed by atoms with Crippen LogP contribution in [0, 0.1) is 11.8 Å². The van der Waals surface area contributed by atoms with Crippen LogP contribution >= 0.6 is 11.6 Å². The van der Waals surface area contributed by atoms with Gasteiger partial charge in [0, 0.05) is 18.1 Å². The van der Waals surface area contributed by atoms with Crippen LogP contribution in [0.3, 0.4) is 0 Å². The Morgan fingerprint density at radius 1 is 1.15 bits per heavy atom. The number of methoxy groups -OCH3 is 1. The summed E-state index contributed by atoms with van der Waals surface area (Å²) in [5.74, 6) is -0.282. The number of sulfonamides is 1. The maximum atomic E-state index is 13.7. The van der Waals surface area contributed by atoms with Crippen LogP contribution in [0.5, 0.6) is 0 Å². The van der Waals surface area contributed by atoms with E-state index in [0.717, 1.165) is 6.42 Å². The van der Waals surface area contributed by atoms with Gasteiger partial charge in [-0.25, -0.2) is 13.2 Å². The summed E-state index contributed by atoms with van der Waals surface area (Å²) >= 11 is 5.96. The maximum absolute atomic E-state index is 13.7. The Morgan fingerprint density at radius 3 is 2.36 bits per heavy atom. The van der Waals surface area contributed by atoms with Crippen molar-refractivity contribution in [3.63, 3.8) is 0 Å². The standard InChI is InChI=1S/C24H29ClN2O5S/c1-16(2)19-12-13-26-23(28)22(14-19)27(33(30,31)21-10-8-20(25)9-11-21)15-17-4-6-18(7-5-17)24(29)32-3/h4-11,16,19,22H,12-15H2,1-3H3,(H,26,28). The fraction of sp³-hybridized carbons (Fsp3) is 0.417. The van der Waals surface area contributed by atoms with Crippen LogP contribution < -0.4 is 5.32 Å². The number of ether oxygens (including phenoxy) is 1. The molecule has 2 unspecified atom stereocenters. The van der Waals surface area contributed by atoms with Crippen molar-refractivity contribution < 1.29 is 22.7 Å². The molecule has 0 radical (unpaired) electrons. The predicted molar refractivity (Wildman–Crippen MR) is 126 cm³/mol. The van der Waals surface area contributed by atoms with E-state index in [2.05, 4.69) is 19.2 Å². The van der Waals surface area contributed by atoms with Gasteiger partial charge in [0.15, 0.2) is 0 Å². The molecule has 9 heteroatoms. The molecular formula is C24H29ClN2O5S. The summed E-state index contributed by atoms with van der Waals surface area (Å²) in [5.41, 5.74) is 1.01. The van der Waals surface area contributed by atoms with Gasteiger partial charge in [0.05, 0.1) is 17.6 Å². The monoisotopic (exact) mass is 492 g/mol. The number of halogens is 1. The van der Waals surface area contributed by atoms with Gasteiger partial charge in [-0.3, -0.25) is 4.79 Å². The van der Waals surface area contributed by atoms with Gasteiger partial charge in [-0.2, -0.15) is 4.31 Å². The minimum atomic E-state index is -4.02. The first kappa shape index (κ1) is 25.2. The molecule has 2 aromatic carbocycles. The average Bonchev–Trinajstić information content (AvgIpc) is 2.99. The van der Waals surface area contributed by atoms with Crippen molar-refractivity contribution in [1.29, 1.82) is 0 Å². The highest BCUT2D eigenvalue weighted by molar-refractivity contribution is 7.89. The number of hydrogen-bond donors (Lipinski definition) is 1. The summed E-state index contributed by atoms with van der Waals surface area (Å²) in [6, 6.07) is 11.6. The van der Waals surface area contributed by atoms with Crippen LogP contribution in [-0.2, 0) is 26.1 Å². The number of amides is 1. The molecule has 1 N–H and O–H groups in total. The molecule has 2 aromatic rings. The van der Waals surface area contributed by atoms with E-state index in [9.17, 15) is 18.0 Å². The molecule has 1 amide bonds. The molecule has 1 fully saturated rings. The topological polar surface area (TPSA) is 92.8 Å². The van der Waals surface area contributed by atoms with Gasteiger partial charge in [-0.05, 0) is 66.6 Å². The Kier molecular flexibility index (Phi) is 8.15. The Hall–Kier alpha value is -2.42. The SMILES string of the molecule is COC(=O)c1ccc(CN(C2CC(C(C)C)CCNC2=O)S(=O)(=O)c2ccc(Cl)cc2)cc1. The summed E-state index contributed by atoms with van der Waals surface area (Å²) in [7, 11) is -2.72. The van der Waals surface area contributed by atoms with Crippen LogP contribution in [-0.4, -0.2) is 44.3 Å². The van der Waals surface area contributed by atoms with Crippen LogP contribution in [0.25, 0.3) is 0 Å². The molecule has 3 rings (SSSR count). The molecule has 1 aliphatic rings. The quantitative estimate of drug-likeness (QED) is 0.592. The highest BCUT2D eigenvalue weighted by Crippen LogP contribution is 2.30. The van der Waals surface area contributed by atoms with Crippen LogP contribution in [0.2, 0.25) is 5.02 Å². The zero-order chi connectivity index (χ0) is 24.2. The third-order valence-electron chi connectivity index (χ3n) is 6.07. The molecule has 1 heterocycles. The van der Waals surface area contributed by atoms with Crippen molar-refractivity contribution in [1.82, 2.24) is 9.62 Å². The maximum Gasteiger partial charge on any atom is 0.337 e. The molecule has 2 atom stereocenters. The lowest BCUT2D eigenvalue weighted by Gasteiger charge is -2.31. The van der Waals surface area contributed by atoms with Crippen LogP contribution in [0.15, 0.2) is 53.4 Å². The number of rotatable bonds is 7. The normalized spacial score (nSPS) is 19.3. The molecule has 1 aliphatic heterocycles. The van der Waals surface area contributed by atoms with Gasteiger partial charge in [-0.15, -0.1) is 0 Å². The zero-order valence-corrected chi connectivity index (χ0v) is 20.5. The lowest BCUT2D eigenvalue weighted by Crippen LogP contribution is -2.48. The molecule has 0 aromatic heterocycles. The third-order valence-corrected chi connectivity index (χ3v) is 8.19. The van der Waals surface area contributed by atoms with E-state index in [4.69, 9.17) is 16.3 Å². The lowest BCUT2D eigenvalue weighted by molar-refractivity contribution is -0.124. The van der Waals surface area contributed by atoms with Crippen molar-refractivity contribution in [3.8, 4) is 0 Å². The number of carbonyl (C=O) groups excluding carboxylic acids is 2. The van der Waals surface area contributed by atoms with E-state index in [1.54, 1.807) is 24.3 Å². The first-order chi connectivity index (χ1) is 15.6. The molecular weight excluding hydrogens is 464 g/mol. The molecule has 0 spiro atoms. The first-order valence-electron chi connectivity index (χ1n) is 10.9. The van der Waals surface area contributed by atoms with Gasteiger partial charge >= 0.3 is 5.97 Å². The second-order valence-electron chi connectivity index (χ2n) is 8.53. The van der Waals surface area contributed by atoms with Crippen LogP contribution in [0.4, 0.5) is 0 Å². The highest BCUT2D eigenvalue weighted by Gasteiger charge is 2.39. The minimum absolute atomic E-state index is 0.0185. The van der Waals surface area contributed by atoms with Crippen molar-refractivity contribution in [3.05, 3.63) is 64.7 Å². The van der Waals surface area contributed by atoms with Gasteiger partial charge < -0.3 is 10.1 Å². The molecule has 1 saturated heterocycles. The Balaban J connectivity index is 2.02. The van der Waals surface area contributed by atoms with Crippen molar-refractivity contribution >= 4 is 33.5 Å². The number of nitrogens with one attached hydrogen (secondary N) is 1. The number of carbonyl (C=O) groups is 2. The molecule has 0 aliphatic carbocycles. The predicted octanol–water partition coefficient (Wildman–Crippen LogP) is 3.87. The van der Waals surface area contributed by atoms with Crippen molar-refractivity contribution in [2.75, 3.05) is 13.7 Å². The molecule has 0 saturated carbocycles. The molecule has 178 valence electrons. The van der Waals surface area contributed by atoms with E-state index in [1.807, 2.05) is 0 Å². The minimum Gasteiger partial charge on any atom is -0.465 e. The second-order valence-corrected chi connectivity index (χ2v) is 10.9. The number of nitrogens with zero attached hydrogens (tertiary/aromatic N) is 1. The van der Waals surface area contributed by atoms with Crippen molar-refractivity contribution in [2.24, 2.45) is 11.8 Å². The summed E-state index contributed by atoms with van der Waals surface area (Å²) in [6.45, 7) is 4.67. The summed E-state index contributed by atoms with van der Waals surface area (Å²) < 4.78 is 33.5. The number of hydrogen-bond acceptors (Lipinski definition) is 5. The van der Waals surface area contributed by atoms with E-state index >= 15 is 0 Å². The van der Waals surface area contributed by atoms with Crippen LogP contribution in [0.1, 0.15) is 42.6 Å². The largest absolute Gasteiger partial charge is 0.465 e. The fourth-order valence-corrected chi connectivity index (χ4v) is 5.73. The number of benzene rings is 2. The molecule has 0 bridgehead atoms. The second kappa shape index (κ2) is 10.7. The lowest BCUT2D eigenvalue weighted by atomic mass is 9.87. The Bertz CT molecular complexity index is 1080. The number of esters is 1. The van der Waals surface area contributed by atoms with E-state index in [-0.39, 0.29) is 23.3 Å². The van der Waals surface area contributed by atoms with Gasteiger partial charge in [0.2, 0.25) is 15.9 Å². The molecule has 7 nitrogen and oxygen atoms in total. The first-order valence-corrected chi connectivity index (χ1v) is 12.7. The van der Waals surface area contributed by atoms with E-state index < -0.39 is 22.0 Å².